The minimum absolute atomic E-state index is 0.262. The molecule has 1 amide bonds. The van der Waals surface area contributed by atoms with Crippen molar-refractivity contribution in [3.8, 4) is 0 Å². The molecule has 1 rings (SSSR count). The summed E-state index contributed by atoms with van der Waals surface area (Å²) in [6, 6.07) is 6.27. The highest BCUT2D eigenvalue weighted by molar-refractivity contribution is 5.75. The number of rotatable bonds is 5. The zero-order chi connectivity index (χ0) is 13.1. The normalized spacial score (nSPS) is 11.5. The number of nitrogens with two attached hydrogens (primary N) is 1. The topological polar surface area (TPSA) is 55.1 Å². The van der Waals surface area contributed by atoms with Gasteiger partial charge < -0.3 is 11.1 Å². The number of benzene rings is 1. The molecule has 0 spiro atoms. The molecule has 0 aromatic heterocycles. The van der Waals surface area contributed by atoms with Gasteiger partial charge in [0.15, 0.2) is 0 Å². The highest BCUT2D eigenvalue weighted by Gasteiger charge is 2.19. The number of amides is 1. The molecule has 0 radical (unpaired) electrons. The Morgan fingerprint density at radius 2 is 2.00 bits per heavy atom. The molecule has 1 aromatic carbocycles. The van der Waals surface area contributed by atoms with Crippen LogP contribution in [0, 0.1) is 13.8 Å². The third-order valence-corrected chi connectivity index (χ3v) is 3.09. The Balaban J connectivity index is 2.67. The molecule has 0 fully saturated rings. The molecule has 3 N–H and O–H groups in total. The second-order valence-corrected chi connectivity index (χ2v) is 5.24. The van der Waals surface area contributed by atoms with Crippen molar-refractivity contribution in [2.75, 3.05) is 0 Å². The van der Waals surface area contributed by atoms with E-state index in [1.165, 1.54) is 16.7 Å². The van der Waals surface area contributed by atoms with Crippen molar-refractivity contribution in [1.29, 1.82) is 0 Å². The van der Waals surface area contributed by atoms with E-state index in [-0.39, 0.29) is 11.4 Å². The number of primary amides is 1. The van der Waals surface area contributed by atoms with Crippen molar-refractivity contribution in [1.82, 2.24) is 5.32 Å². The number of carbonyl (C=O) groups excluding carboxylic acids is 1. The number of hydrogen-bond acceptors (Lipinski definition) is 2. The average molecular weight is 234 g/mol. The lowest BCUT2D eigenvalue weighted by Gasteiger charge is -2.25. The van der Waals surface area contributed by atoms with Gasteiger partial charge in [0.1, 0.15) is 0 Å². The van der Waals surface area contributed by atoms with Crippen LogP contribution in [0.4, 0.5) is 0 Å². The lowest BCUT2D eigenvalue weighted by molar-refractivity contribution is -0.119. The van der Waals surface area contributed by atoms with Crippen molar-refractivity contribution in [3.05, 3.63) is 34.9 Å². The first kappa shape index (κ1) is 13.7. The fraction of sp³-hybridized carbons (Fsp3) is 0.500. The van der Waals surface area contributed by atoms with Gasteiger partial charge in [0, 0.05) is 18.5 Å². The summed E-state index contributed by atoms with van der Waals surface area (Å²) in [4.78, 5) is 10.9. The van der Waals surface area contributed by atoms with E-state index in [0.717, 1.165) is 6.54 Å². The number of carbonyl (C=O) groups is 1. The summed E-state index contributed by atoms with van der Waals surface area (Å²) in [5.41, 5.74) is 8.82. The number of nitrogens with one attached hydrogen (secondary N) is 1. The summed E-state index contributed by atoms with van der Waals surface area (Å²) in [7, 11) is 0. The fourth-order valence-corrected chi connectivity index (χ4v) is 1.84. The SMILES string of the molecule is Cc1cccc(CNC(C)(C)CC(N)=O)c1C. The summed E-state index contributed by atoms with van der Waals surface area (Å²) < 4.78 is 0. The molecule has 3 nitrogen and oxygen atoms in total. The molecule has 0 atom stereocenters. The van der Waals surface area contributed by atoms with Gasteiger partial charge in [-0.2, -0.15) is 0 Å². The first-order valence-electron chi connectivity index (χ1n) is 5.90. The van der Waals surface area contributed by atoms with Crippen LogP contribution in [0.1, 0.15) is 37.0 Å². The molecule has 0 aliphatic carbocycles. The van der Waals surface area contributed by atoms with E-state index in [4.69, 9.17) is 5.73 Å². The van der Waals surface area contributed by atoms with Crippen LogP contribution in [0.25, 0.3) is 0 Å². The average Bonchev–Trinajstić information content (AvgIpc) is 2.18. The lowest BCUT2D eigenvalue weighted by Crippen LogP contribution is -2.42. The third kappa shape index (κ3) is 4.19. The van der Waals surface area contributed by atoms with E-state index in [0.29, 0.717) is 6.42 Å². The van der Waals surface area contributed by atoms with Crippen LogP contribution >= 0.6 is 0 Å². The second-order valence-electron chi connectivity index (χ2n) is 5.24. The van der Waals surface area contributed by atoms with Gasteiger partial charge in [-0.05, 0) is 44.4 Å². The molecule has 94 valence electrons. The van der Waals surface area contributed by atoms with Gasteiger partial charge in [0.25, 0.3) is 0 Å². The monoisotopic (exact) mass is 234 g/mol. The van der Waals surface area contributed by atoms with E-state index in [2.05, 4.69) is 37.4 Å². The molecule has 17 heavy (non-hydrogen) atoms. The predicted octanol–water partition coefficient (Wildman–Crippen LogP) is 2.05. The Kier molecular flexibility index (Phi) is 4.29. The first-order chi connectivity index (χ1) is 7.82. The van der Waals surface area contributed by atoms with Gasteiger partial charge in [-0.25, -0.2) is 0 Å². The van der Waals surface area contributed by atoms with Crippen molar-refractivity contribution < 1.29 is 4.79 Å². The fourth-order valence-electron chi connectivity index (χ4n) is 1.84. The maximum atomic E-state index is 10.9. The van der Waals surface area contributed by atoms with Crippen LogP contribution in [-0.2, 0) is 11.3 Å². The van der Waals surface area contributed by atoms with E-state index in [1.54, 1.807) is 0 Å². The molecule has 0 heterocycles. The molecule has 0 aliphatic heterocycles. The number of aryl methyl sites for hydroxylation is 1. The van der Waals surface area contributed by atoms with Gasteiger partial charge in [-0.1, -0.05) is 18.2 Å². The van der Waals surface area contributed by atoms with E-state index in [1.807, 2.05) is 13.8 Å². The van der Waals surface area contributed by atoms with Crippen LogP contribution in [-0.4, -0.2) is 11.4 Å². The predicted molar refractivity (Wildman–Crippen MR) is 70.6 cm³/mol. The van der Waals surface area contributed by atoms with E-state index >= 15 is 0 Å². The van der Waals surface area contributed by atoms with Crippen LogP contribution in [0.3, 0.4) is 0 Å². The third-order valence-electron chi connectivity index (χ3n) is 3.09. The van der Waals surface area contributed by atoms with Crippen LogP contribution < -0.4 is 11.1 Å². The molecule has 0 aliphatic rings. The quantitative estimate of drug-likeness (QED) is 0.819. The maximum absolute atomic E-state index is 10.9. The van der Waals surface area contributed by atoms with E-state index in [9.17, 15) is 4.79 Å². The van der Waals surface area contributed by atoms with Crippen LogP contribution in [0.2, 0.25) is 0 Å². The van der Waals surface area contributed by atoms with Gasteiger partial charge in [-0.3, -0.25) is 4.79 Å². The summed E-state index contributed by atoms with van der Waals surface area (Å²) in [5, 5.41) is 3.37. The maximum Gasteiger partial charge on any atom is 0.219 e. The zero-order valence-electron chi connectivity index (χ0n) is 11.1. The Labute approximate surface area is 103 Å². The molecule has 3 heteroatoms. The Bertz CT molecular complexity index is 411. The molecular formula is C14H22N2O. The smallest absolute Gasteiger partial charge is 0.219 e. The summed E-state index contributed by atoms with van der Waals surface area (Å²) in [6.07, 6.45) is 0.345. The number of hydrogen-bond donors (Lipinski definition) is 2. The van der Waals surface area contributed by atoms with Gasteiger partial charge in [0.05, 0.1) is 0 Å². The van der Waals surface area contributed by atoms with Gasteiger partial charge in [-0.15, -0.1) is 0 Å². The summed E-state index contributed by atoms with van der Waals surface area (Å²) in [6.45, 7) is 8.96. The summed E-state index contributed by atoms with van der Waals surface area (Å²) in [5.74, 6) is -0.275. The zero-order valence-corrected chi connectivity index (χ0v) is 11.1. The molecule has 0 saturated heterocycles. The summed E-state index contributed by atoms with van der Waals surface area (Å²) >= 11 is 0. The molecule has 0 saturated carbocycles. The van der Waals surface area contributed by atoms with Gasteiger partial charge in [0.2, 0.25) is 5.91 Å². The van der Waals surface area contributed by atoms with Crippen LogP contribution in [0.5, 0.6) is 0 Å². The van der Waals surface area contributed by atoms with Crippen molar-refractivity contribution >= 4 is 5.91 Å². The van der Waals surface area contributed by atoms with E-state index < -0.39 is 0 Å². The highest BCUT2D eigenvalue weighted by atomic mass is 16.1. The van der Waals surface area contributed by atoms with Gasteiger partial charge >= 0.3 is 0 Å². The van der Waals surface area contributed by atoms with Crippen molar-refractivity contribution in [2.45, 2.75) is 46.2 Å². The molecule has 1 aromatic rings. The standard InChI is InChI=1S/C14H22N2O/c1-10-6-5-7-12(11(10)2)9-16-14(3,4)8-13(15)17/h5-7,16H,8-9H2,1-4H3,(H2,15,17). The minimum Gasteiger partial charge on any atom is -0.370 e. The Morgan fingerprint density at radius 3 is 2.59 bits per heavy atom. The first-order valence-corrected chi connectivity index (χ1v) is 5.90. The highest BCUT2D eigenvalue weighted by Crippen LogP contribution is 2.15. The molecule has 0 unspecified atom stereocenters. The lowest BCUT2D eigenvalue weighted by atomic mass is 9.98. The minimum atomic E-state index is -0.275. The largest absolute Gasteiger partial charge is 0.370 e. The Hall–Kier alpha value is -1.35. The molecule has 0 bridgehead atoms. The molecular weight excluding hydrogens is 212 g/mol. The van der Waals surface area contributed by atoms with Crippen LogP contribution in [0.15, 0.2) is 18.2 Å². The van der Waals surface area contributed by atoms with Crippen molar-refractivity contribution in [2.24, 2.45) is 5.73 Å². The Morgan fingerprint density at radius 1 is 1.35 bits per heavy atom. The second kappa shape index (κ2) is 5.32. The van der Waals surface area contributed by atoms with Crippen molar-refractivity contribution in [3.63, 3.8) is 0 Å².